The Morgan fingerprint density at radius 1 is 1.12 bits per heavy atom. The van der Waals surface area contributed by atoms with Gasteiger partial charge in [0, 0.05) is 36.3 Å². The minimum atomic E-state index is 1.10. The molecule has 0 aromatic heterocycles. The first-order valence-corrected chi connectivity index (χ1v) is 6.88. The molecule has 2 rings (SSSR count). The van der Waals surface area contributed by atoms with Crippen LogP contribution in [0.2, 0.25) is 0 Å². The third-order valence-electron chi connectivity index (χ3n) is 3.10. The number of benzene rings is 1. The van der Waals surface area contributed by atoms with Gasteiger partial charge in [0.2, 0.25) is 0 Å². The van der Waals surface area contributed by atoms with Crippen molar-refractivity contribution in [2.75, 3.05) is 33.2 Å². The third kappa shape index (κ3) is 3.43. The summed E-state index contributed by atoms with van der Waals surface area (Å²) >= 11 is 2.40. The first kappa shape index (κ1) is 12.3. The zero-order chi connectivity index (χ0) is 11.5. The van der Waals surface area contributed by atoms with Crippen molar-refractivity contribution in [3.8, 4) is 0 Å². The molecule has 0 radical (unpaired) electrons. The second-order valence-electron chi connectivity index (χ2n) is 4.72. The van der Waals surface area contributed by atoms with E-state index < -0.39 is 0 Å². The maximum absolute atomic E-state index is 2.55. The molecule has 1 aromatic rings. The summed E-state index contributed by atoms with van der Waals surface area (Å²) in [4.78, 5) is 4.95. The van der Waals surface area contributed by atoms with Crippen LogP contribution in [-0.2, 0) is 6.54 Å². The molecule has 1 aliphatic heterocycles. The number of aryl methyl sites for hydroxylation is 1. The highest BCUT2D eigenvalue weighted by Crippen LogP contribution is 2.14. The molecular formula is C13H19IN2. The number of hydrogen-bond acceptors (Lipinski definition) is 2. The molecule has 3 heteroatoms. The molecule has 0 atom stereocenters. The van der Waals surface area contributed by atoms with Crippen molar-refractivity contribution in [1.82, 2.24) is 9.80 Å². The molecule has 1 aliphatic rings. The molecule has 16 heavy (non-hydrogen) atoms. The number of hydrogen-bond donors (Lipinski definition) is 0. The van der Waals surface area contributed by atoms with Crippen LogP contribution >= 0.6 is 22.6 Å². The first-order chi connectivity index (χ1) is 7.63. The standard InChI is InChI=1S/C13H19IN2/c1-11-7-12(9-13(14)8-11)10-16-5-3-15(2)4-6-16/h7-9H,3-6,10H2,1-2H3. The van der Waals surface area contributed by atoms with Gasteiger partial charge in [0.15, 0.2) is 0 Å². The maximum Gasteiger partial charge on any atom is 0.0235 e. The molecule has 0 unspecified atom stereocenters. The molecule has 2 nitrogen and oxygen atoms in total. The molecule has 0 aliphatic carbocycles. The van der Waals surface area contributed by atoms with Crippen molar-refractivity contribution in [3.05, 3.63) is 32.9 Å². The quantitative estimate of drug-likeness (QED) is 0.768. The van der Waals surface area contributed by atoms with Crippen LogP contribution in [0.15, 0.2) is 18.2 Å². The van der Waals surface area contributed by atoms with Gasteiger partial charge < -0.3 is 4.90 Å². The molecule has 0 bridgehead atoms. The van der Waals surface area contributed by atoms with E-state index in [1.165, 1.54) is 40.9 Å². The fourth-order valence-corrected chi connectivity index (χ4v) is 3.06. The summed E-state index contributed by atoms with van der Waals surface area (Å²) in [6.07, 6.45) is 0. The number of rotatable bonds is 2. The predicted molar refractivity (Wildman–Crippen MR) is 76.7 cm³/mol. The smallest absolute Gasteiger partial charge is 0.0235 e. The number of likely N-dealkylation sites (N-methyl/N-ethyl adjacent to an activating group) is 1. The SMILES string of the molecule is Cc1cc(I)cc(CN2CCN(C)CC2)c1. The van der Waals surface area contributed by atoms with Gasteiger partial charge in [-0.1, -0.05) is 6.07 Å². The van der Waals surface area contributed by atoms with E-state index in [0.717, 1.165) is 6.54 Å². The highest BCUT2D eigenvalue weighted by atomic mass is 127. The minimum Gasteiger partial charge on any atom is -0.304 e. The Balaban J connectivity index is 1.98. The van der Waals surface area contributed by atoms with Crippen molar-refractivity contribution in [2.45, 2.75) is 13.5 Å². The molecule has 0 saturated carbocycles. The molecule has 0 N–H and O–H groups in total. The lowest BCUT2D eigenvalue weighted by molar-refractivity contribution is 0.148. The summed E-state index contributed by atoms with van der Waals surface area (Å²) in [6, 6.07) is 6.83. The van der Waals surface area contributed by atoms with Crippen molar-refractivity contribution in [1.29, 1.82) is 0 Å². The van der Waals surface area contributed by atoms with E-state index in [1.54, 1.807) is 0 Å². The fourth-order valence-electron chi connectivity index (χ4n) is 2.17. The van der Waals surface area contributed by atoms with Crippen molar-refractivity contribution in [2.24, 2.45) is 0 Å². The van der Waals surface area contributed by atoms with Gasteiger partial charge in [0.05, 0.1) is 0 Å². The zero-order valence-corrected chi connectivity index (χ0v) is 12.2. The van der Waals surface area contributed by atoms with Crippen LogP contribution in [-0.4, -0.2) is 43.0 Å². The summed E-state index contributed by atoms with van der Waals surface area (Å²) in [5.74, 6) is 0. The topological polar surface area (TPSA) is 6.48 Å². The van der Waals surface area contributed by atoms with Crippen LogP contribution in [0.25, 0.3) is 0 Å². The normalized spacial score (nSPS) is 18.9. The molecule has 1 heterocycles. The van der Waals surface area contributed by atoms with Gasteiger partial charge in [-0.25, -0.2) is 0 Å². The van der Waals surface area contributed by atoms with E-state index in [0.29, 0.717) is 0 Å². The van der Waals surface area contributed by atoms with E-state index in [-0.39, 0.29) is 0 Å². The molecule has 1 aromatic carbocycles. The van der Waals surface area contributed by atoms with Crippen LogP contribution in [0.5, 0.6) is 0 Å². The number of piperazine rings is 1. The summed E-state index contributed by atoms with van der Waals surface area (Å²) in [7, 11) is 2.20. The maximum atomic E-state index is 2.55. The lowest BCUT2D eigenvalue weighted by Crippen LogP contribution is -2.43. The molecule has 1 fully saturated rings. The lowest BCUT2D eigenvalue weighted by Gasteiger charge is -2.32. The summed E-state index contributed by atoms with van der Waals surface area (Å²) in [5.41, 5.74) is 2.82. The van der Waals surface area contributed by atoms with E-state index in [1.807, 2.05) is 0 Å². The highest BCUT2D eigenvalue weighted by Gasteiger charge is 2.13. The molecule has 1 saturated heterocycles. The summed E-state index contributed by atoms with van der Waals surface area (Å²) in [5, 5.41) is 0. The molecule has 0 spiro atoms. The van der Waals surface area contributed by atoms with E-state index in [9.17, 15) is 0 Å². The Kier molecular flexibility index (Phi) is 4.21. The van der Waals surface area contributed by atoms with E-state index in [4.69, 9.17) is 0 Å². The van der Waals surface area contributed by atoms with Gasteiger partial charge in [-0.2, -0.15) is 0 Å². The van der Waals surface area contributed by atoms with Crippen LogP contribution in [0.4, 0.5) is 0 Å². The second kappa shape index (κ2) is 5.47. The Morgan fingerprint density at radius 2 is 1.81 bits per heavy atom. The van der Waals surface area contributed by atoms with Crippen molar-refractivity contribution in [3.63, 3.8) is 0 Å². The third-order valence-corrected chi connectivity index (χ3v) is 3.73. The van der Waals surface area contributed by atoms with E-state index >= 15 is 0 Å². The second-order valence-corrected chi connectivity index (χ2v) is 5.96. The average molecular weight is 330 g/mol. The molecule has 88 valence electrons. The number of halogens is 1. The van der Waals surface area contributed by atoms with Crippen LogP contribution in [0, 0.1) is 10.5 Å². The van der Waals surface area contributed by atoms with Crippen molar-refractivity contribution >= 4 is 22.6 Å². The van der Waals surface area contributed by atoms with Gasteiger partial charge >= 0.3 is 0 Å². The van der Waals surface area contributed by atoms with Crippen LogP contribution in [0.3, 0.4) is 0 Å². The van der Waals surface area contributed by atoms with Gasteiger partial charge in [0.25, 0.3) is 0 Å². The molecular weight excluding hydrogens is 311 g/mol. The Morgan fingerprint density at radius 3 is 2.44 bits per heavy atom. The Bertz CT molecular complexity index is 337. The largest absolute Gasteiger partial charge is 0.304 e. The first-order valence-electron chi connectivity index (χ1n) is 5.80. The number of nitrogens with zero attached hydrogens (tertiary/aromatic N) is 2. The monoisotopic (exact) mass is 330 g/mol. The van der Waals surface area contributed by atoms with Crippen molar-refractivity contribution < 1.29 is 0 Å². The Labute approximate surface area is 112 Å². The Hall–Kier alpha value is -0.130. The van der Waals surface area contributed by atoms with Crippen LogP contribution in [0.1, 0.15) is 11.1 Å². The summed E-state index contributed by atoms with van der Waals surface area (Å²) < 4.78 is 1.35. The minimum absolute atomic E-state index is 1.10. The van der Waals surface area contributed by atoms with Gasteiger partial charge in [-0.3, -0.25) is 4.90 Å². The highest BCUT2D eigenvalue weighted by molar-refractivity contribution is 14.1. The fraction of sp³-hybridized carbons (Fsp3) is 0.538. The van der Waals surface area contributed by atoms with Gasteiger partial charge in [-0.15, -0.1) is 0 Å². The zero-order valence-electron chi connectivity index (χ0n) is 10.0. The average Bonchev–Trinajstić information content (AvgIpc) is 2.20. The van der Waals surface area contributed by atoms with E-state index in [2.05, 4.69) is 64.6 Å². The summed E-state index contributed by atoms with van der Waals surface area (Å²) in [6.45, 7) is 8.06. The lowest BCUT2D eigenvalue weighted by atomic mass is 10.1. The molecule has 0 amide bonds. The van der Waals surface area contributed by atoms with Gasteiger partial charge in [-0.05, 0) is 59.8 Å². The predicted octanol–water partition coefficient (Wildman–Crippen LogP) is 2.35. The van der Waals surface area contributed by atoms with Gasteiger partial charge in [0.1, 0.15) is 0 Å². The van der Waals surface area contributed by atoms with Crippen LogP contribution < -0.4 is 0 Å².